The molecule has 0 bridgehead atoms. The Bertz CT molecular complexity index is 118. The number of hydrogen-bond acceptors (Lipinski definition) is 2. The molecule has 1 atom stereocenters. The van der Waals surface area contributed by atoms with Gasteiger partial charge in [0.05, 0.1) is 0 Å². The summed E-state index contributed by atoms with van der Waals surface area (Å²) in [6.45, 7) is 0. The maximum Gasteiger partial charge on any atom is 0.109 e. The predicted octanol–water partition coefficient (Wildman–Crippen LogP) is 1.07. The number of hydrogen-bond donors (Lipinski definition) is 0. The van der Waals surface area contributed by atoms with E-state index in [2.05, 4.69) is 14.2 Å². The minimum Gasteiger partial charge on any atom is -0.245 e. The highest BCUT2D eigenvalue weighted by molar-refractivity contribution is 7.42. The lowest BCUT2D eigenvalue weighted by Gasteiger charge is -1.65. The SMILES string of the molecule is Cl.Pc1nccs1. The van der Waals surface area contributed by atoms with Crippen molar-refractivity contribution < 1.29 is 0 Å². The summed E-state index contributed by atoms with van der Waals surface area (Å²) in [5.74, 6) is 0. The van der Waals surface area contributed by atoms with E-state index in [1.54, 1.807) is 17.5 Å². The molecule has 0 radical (unpaired) electrons. The molecule has 1 unspecified atom stereocenters. The minimum absolute atomic E-state index is 0. The largest absolute Gasteiger partial charge is 0.245 e. The summed E-state index contributed by atoms with van der Waals surface area (Å²) < 4.78 is 1.05. The van der Waals surface area contributed by atoms with Crippen LogP contribution in [0.1, 0.15) is 0 Å². The first-order chi connectivity index (χ1) is 2.89. The van der Waals surface area contributed by atoms with Gasteiger partial charge >= 0.3 is 0 Å². The van der Waals surface area contributed by atoms with Gasteiger partial charge in [-0.3, -0.25) is 0 Å². The highest BCUT2D eigenvalue weighted by Gasteiger charge is 1.76. The van der Waals surface area contributed by atoms with Crippen molar-refractivity contribution in [3.63, 3.8) is 0 Å². The molecule has 1 nitrogen and oxygen atoms in total. The number of aromatic nitrogens is 1. The zero-order valence-corrected chi connectivity index (χ0v) is 6.28. The van der Waals surface area contributed by atoms with Gasteiger partial charge in [0.1, 0.15) is 4.75 Å². The van der Waals surface area contributed by atoms with Crippen LogP contribution in [0, 0.1) is 0 Å². The van der Waals surface area contributed by atoms with Crippen molar-refractivity contribution in [2.24, 2.45) is 0 Å². The summed E-state index contributed by atoms with van der Waals surface area (Å²) >= 11 is 1.63. The Morgan fingerprint density at radius 2 is 2.43 bits per heavy atom. The molecule has 0 aliphatic rings. The topological polar surface area (TPSA) is 12.9 Å². The highest BCUT2D eigenvalue weighted by Crippen LogP contribution is 1.91. The molecule has 4 heteroatoms. The smallest absolute Gasteiger partial charge is 0.109 e. The Kier molecular flexibility index (Phi) is 3.53. The zero-order valence-electron chi connectivity index (χ0n) is 3.50. The average molecular weight is 154 g/mol. The monoisotopic (exact) mass is 153 g/mol. The van der Waals surface area contributed by atoms with Crippen molar-refractivity contribution >= 4 is 37.7 Å². The van der Waals surface area contributed by atoms with Crippen LogP contribution in [0.5, 0.6) is 0 Å². The van der Waals surface area contributed by atoms with E-state index in [1.807, 2.05) is 5.38 Å². The van der Waals surface area contributed by atoms with Crippen molar-refractivity contribution in [3.05, 3.63) is 11.6 Å². The van der Waals surface area contributed by atoms with E-state index in [-0.39, 0.29) is 12.4 Å². The number of nitrogens with zero attached hydrogens (tertiary/aromatic N) is 1. The van der Waals surface area contributed by atoms with Crippen LogP contribution < -0.4 is 4.75 Å². The lowest BCUT2D eigenvalue weighted by molar-refractivity contribution is 1.48. The number of rotatable bonds is 0. The summed E-state index contributed by atoms with van der Waals surface area (Å²) in [5, 5.41) is 1.95. The van der Waals surface area contributed by atoms with Gasteiger partial charge in [0, 0.05) is 11.6 Å². The molecule has 7 heavy (non-hydrogen) atoms. The van der Waals surface area contributed by atoms with E-state index in [4.69, 9.17) is 0 Å². The third-order valence-electron chi connectivity index (χ3n) is 0.451. The second-order valence-electron chi connectivity index (χ2n) is 0.870. The van der Waals surface area contributed by atoms with Gasteiger partial charge in [0.2, 0.25) is 0 Å². The standard InChI is InChI=1S/C3H4NPS.ClH/c5-3-4-1-2-6-3;/h1-2H,5H2;1H. The molecule has 1 aromatic heterocycles. The highest BCUT2D eigenvalue weighted by atomic mass is 35.5. The van der Waals surface area contributed by atoms with Gasteiger partial charge in [0.25, 0.3) is 0 Å². The molecule has 0 aromatic carbocycles. The molecular formula is C3H5ClNPS. The van der Waals surface area contributed by atoms with Crippen LogP contribution in [0.15, 0.2) is 11.6 Å². The van der Waals surface area contributed by atoms with Gasteiger partial charge in [0.15, 0.2) is 0 Å². The summed E-state index contributed by atoms with van der Waals surface area (Å²) in [7, 11) is 2.52. The van der Waals surface area contributed by atoms with Crippen LogP contribution >= 0.6 is 33.0 Å². The van der Waals surface area contributed by atoms with Crippen LogP contribution in [-0.2, 0) is 0 Å². The molecule has 40 valence electrons. The second-order valence-corrected chi connectivity index (χ2v) is 2.76. The van der Waals surface area contributed by atoms with Gasteiger partial charge in [-0.2, -0.15) is 0 Å². The third kappa shape index (κ3) is 2.22. The first-order valence-corrected chi connectivity index (χ1v) is 3.00. The van der Waals surface area contributed by atoms with Gasteiger partial charge in [-0.15, -0.1) is 23.7 Å². The van der Waals surface area contributed by atoms with Crippen LogP contribution in [0.3, 0.4) is 0 Å². The number of thiazole rings is 1. The molecule has 0 saturated carbocycles. The molecule has 1 aromatic rings. The maximum absolute atomic E-state index is 3.90. The Hall–Kier alpha value is 0.350. The van der Waals surface area contributed by atoms with Crippen molar-refractivity contribution in [2.45, 2.75) is 0 Å². The Balaban J connectivity index is 0.000000360. The molecular weight excluding hydrogens is 149 g/mol. The Morgan fingerprint density at radius 3 is 2.57 bits per heavy atom. The first-order valence-electron chi connectivity index (χ1n) is 1.54. The predicted molar refractivity (Wildman–Crippen MR) is 38.7 cm³/mol. The Labute approximate surface area is 54.8 Å². The van der Waals surface area contributed by atoms with Crippen LogP contribution in [0.2, 0.25) is 0 Å². The lowest BCUT2D eigenvalue weighted by atomic mass is 11.0. The van der Waals surface area contributed by atoms with Crippen LogP contribution in [0.25, 0.3) is 0 Å². The number of halogens is 1. The second kappa shape index (κ2) is 3.36. The molecule has 0 fully saturated rings. The van der Waals surface area contributed by atoms with E-state index >= 15 is 0 Å². The van der Waals surface area contributed by atoms with Crippen LogP contribution in [-0.4, -0.2) is 4.98 Å². The fourth-order valence-corrected chi connectivity index (χ4v) is 0.939. The zero-order chi connectivity index (χ0) is 4.41. The van der Waals surface area contributed by atoms with E-state index < -0.39 is 0 Å². The Morgan fingerprint density at radius 1 is 1.71 bits per heavy atom. The summed E-state index contributed by atoms with van der Waals surface area (Å²) in [4.78, 5) is 3.90. The lowest BCUT2D eigenvalue weighted by Crippen LogP contribution is -1.79. The van der Waals surface area contributed by atoms with Crippen molar-refractivity contribution in [2.75, 3.05) is 0 Å². The average Bonchev–Trinajstić information content (AvgIpc) is 1.86. The molecule has 0 aliphatic heterocycles. The normalized spacial score (nSPS) is 7.57. The molecule has 1 heterocycles. The van der Waals surface area contributed by atoms with Gasteiger partial charge in [-0.1, -0.05) is 9.24 Å². The summed E-state index contributed by atoms with van der Waals surface area (Å²) in [6, 6.07) is 0. The molecule has 1 rings (SSSR count). The maximum atomic E-state index is 3.90. The van der Waals surface area contributed by atoms with E-state index in [1.165, 1.54) is 0 Å². The molecule has 0 amide bonds. The quantitative estimate of drug-likeness (QED) is 0.508. The van der Waals surface area contributed by atoms with Crippen molar-refractivity contribution in [3.8, 4) is 0 Å². The molecule has 0 N–H and O–H groups in total. The van der Waals surface area contributed by atoms with Crippen LogP contribution in [0.4, 0.5) is 0 Å². The van der Waals surface area contributed by atoms with Crippen molar-refractivity contribution in [1.82, 2.24) is 4.98 Å². The van der Waals surface area contributed by atoms with Gasteiger partial charge < -0.3 is 0 Å². The van der Waals surface area contributed by atoms with E-state index in [9.17, 15) is 0 Å². The fraction of sp³-hybridized carbons (Fsp3) is 0. The first kappa shape index (κ1) is 7.35. The molecule has 0 aliphatic carbocycles. The molecule has 0 spiro atoms. The fourth-order valence-electron chi connectivity index (χ4n) is 0.234. The van der Waals surface area contributed by atoms with E-state index in [0.717, 1.165) is 4.75 Å². The summed E-state index contributed by atoms with van der Waals surface area (Å²) in [6.07, 6.45) is 1.78. The van der Waals surface area contributed by atoms with Crippen molar-refractivity contribution in [1.29, 1.82) is 0 Å². The summed E-state index contributed by atoms with van der Waals surface area (Å²) in [5.41, 5.74) is 0. The van der Waals surface area contributed by atoms with Gasteiger partial charge in [-0.25, -0.2) is 4.98 Å². The molecule has 0 saturated heterocycles. The van der Waals surface area contributed by atoms with Gasteiger partial charge in [-0.05, 0) is 0 Å². The third-order valence-corrected chi connectivity index (χ3v) is 1.61. The minimum atomic E-state index is 0. The van der Waals surface area contributed by atoms with E-state index in [0.29, 0.717) is 0 Å².